The molecule has 0 bridgehead atoms. The summed E-state index contributed by atoms with van der Waals surface area (Å²) in [5.74, 6) is -1.08. The topological polar surface area (TPSA) is 169 Å². The van der Waals surface area contributed by atoms with Crippen LogP contribution in [0.15, 0.2) is 0 Å². The molecule has 0 aromatic heterocycles. The van der Waals surface area contributed by atoms with Crippen molar-refractivity contribution in [2.75, 3.05) is 53.2 Å². The number of rotatable bonds is 18. The lowest BCUT2D eigenvalue weighted by Gasteiger charge is -2.30. The minimum absolute atomic E-state index is 0.0490. The average molecular weight is 557 g/mol. The summed E-state index contributed by atoms with van der Waals surface area (Å²) in [6.07, 6.45) is 1.93. The summed E-state index contributed by atoms with van der Waals surface area (Å²) in [5, 5.41) is 10.7. The molecule has 0 aliphatic heterocycles. The predicted molar refractivity (Wildman–Crippen MR) is 133 cm³/mol. The van der Waals surface area contributed by atoms with Gasteiger partial charge in [-0.15, -0.1) is 0 Å². The molecule has 0 aromatic rings. The van der Waals surface area contributed by atoms with Crippen LogP contribution in [0, 0.1) is 5.41 Å². The quantitative estimate of drug-likeness (QED) is 0.0468. The lowest BCUT2D eigenvalue weighted by molar-refractivity contribution is -1.00. The van der Waals surface area contributed by atoms with Crippen LogP contribution in [0.25, 0.3) is 0 Å². The van der Waals surface area contributed by atoms with Crippen LogP contribution in [0.3, 0.4) is 0 Å². The molecule has 0 rings (SSSR count). The third-order valence-corrected chi connectivity index (χ3v) is 6.16. The maximum absolute atomic E-state index is 13.3. The van der Waals surface area contributed by atoms with Crippen LogP contribution in [0.2, 0.25) is 0 Å². The van der Waals surface area contributed by atoms with Gasteiger partial charge in [0.1, 0.15) is 13.6 Å². The number of quaternary nitrogens is 1. The van der Waals surface area contributed by atoms with Crippen LogP contribution in [0.4, 0.5) is 9.59 Å². The van der Waals surface area contributed by atoms with Gasteiger partial charge in [0, 0.05) is 19.8 Å². The van der Waals surface area contributed by atoms with Crippen LogP contribution in [0.5, 0.6) is 0 Å². The second kappa shape index (κ2) is 19.7. The molecule has 15 heteroatoms. The van der Waals surface area contributed by atoms with Crippen molar-refractivity contribution in [2.24, 2.45) is 0 Å². The molecule has 0 radical (unpaired) electrons. The molecular formula is C22H43N3O11P+. The fourth-order valence-electron chi connectivity index (χ4n) is 2.37. The summed E-state index contributed by atoms with van der Waals surface area (Å²) in [6.45, 7) is 7.06. The van der Waals surface area contributed by atoms with Gasteiger partial charge in [-0.3, -0.25) is 13.9 Å². The SMILES string of the molecule is CCCCOC(=O)OCCCOP(=O)(NC(=N)[N+](C)(CC)OC(C)=O)OCCCOC(=O)OCCCC. The molecule has 37 heavy (non-hydrogen) atoms. The summed E-state index contributed by atoms with van der Waals surface area (Å²) in [5.41, 5.74) is 0. The molecule has 14 nitrogen and oxygen atoms in total. The molecule has 1 atom stereocenters. The predicted octanol–water partition coefficient (Wildman–Crippen LogP) is 4.28. The maximum atomic E-state index is 13.3. The van der Waals surface area contributed by atoms with Crippen LogP contribution in [-0.2, 0) is 42.2 Å². The highest BCUT2D eigenvalue weighted by Crippen LogP contribution is 2.44. The zero-order valence-corrected chi connectivity index (χ0v) is 23.5. The Morgan fingerprint density at radius 1 is 0.757 bits per heavy atom. The molecule has 0 saturated carbocycles. The van der Waals surface area contributed by atoms with E-state index >= 15 is 0 Å². The zero-order chi connectivity index (χ0) is 28.2. The molecule has 0 aliphatic rings. The summed E-state index contributed by atoms with van der Waals surface area (Å²) in [7, 11) is -2.70. The van der Waals surface area contributed by atoms with Gasteiger partial charge in [-0.25, -0.2) is 29.4 Å². The van der Waals surface area contributed by atoms with Crippen LogP contribution >= 0.6 is 7.75 Å². The zero-order valence-electron chi connectivity index (χ0n) is 22.6. The highest BCUT2D eigenvalue weighted by molar-refractivity contribution is 7.52. The first kappa shape index (κ1) is 34.6. The Bertz CT molecular complexity index is 717. The Labute approximate surface area is 218 Å². The van der Waals surface area contributed by atoms with E-state index in [1.807, 2.05) is 13.8 Å². The van der Waals surface area contributed by atoms with Crippen molar-refractivity contribution in [3.8, 4) is 0 Å². The largest absolute Gasteiger partial charge is 0.508 e. The average Bonchev–Trinajstić information content (AvgIpc) is 2.83. The van der Waals surface area contributed by atoms with Crippen molar-refractivity contribution >= 4 is 32.0 Å². The first-order chi connectivity index (χ1) is 17.5. The second-order valence-corrected chi connectivity index (χ2v) is 9.67. The number of hydrogen-bond donors (Lipinski definition) is 2. The van der Waals surface area contributed by atoms with Crippen molar-refractivity contribution in [3.05, 3.63) is 0 Å². The third kappa shape index (κ3) is 16.9. The summed E-state index contributed by atoms with van der Waals surface area (Å²) < 4.78 is 43.0. The van der Waals surface area contributed by atoms with Gasteiger partial charge < -0.3 is 18.9 Å². The molecule has 2 N–H and O–H groups in total. The molecule has 0 spiro atoms. The van der Waals surface area contributed by atoms with Gasteiger partial charge >= 0.3 is 32.0 Å². The second-order valence-electron chi connectivity index (χ2n) is 7.93. The molecule has 0 amide bonds. The summed E-state index contributed by atoms with van der Waals surface area (Å²) in [4.78, 5) is 39.6. The van der Waals surface area contributed by atoms with Crippen LogP contribution < -0.4 is 5.09 Å². The first-order valence-electron chi connectivity index (χ1n) is 12.4. The number of carbonyl (C=O) groups is 3. The minimum Gasteiger partial charge on any atom is -0.434 e. The molecule has 0 aliphatic carbocycles. The summed E-state index contributed by atoms with van der Waals surface area (Å²) in [6, 6.07) is 0. The van der Waals surface area contributed by atoms with E-state index in [4.69, 9.17) is 38.2 Å². The third-order valence-electron chi connectivity index (χ3n) is 4.62. The van der Waals surface area contributed by atoms with Gasteiger partial charge in [0.2, 0.25) is 0 Å². The Hall–Kier alpha value is -2.41. The van der Waals surface area contributed by atoms with Crippen LogP contribution in [0.1, 0.15) is 66.2 Å². The van der Waals surface area contributed by atoms with E-state index in [2.05, 4.69) is 5.09 Å². The molecule has 0 heterocycles. The molecular weight excluding hydrogens is 513 g/mol. The molecule has 1 unspecified atom stereocenters. The van der Waals surface area contributed by atoms with Crippen molar-refractivity contribution in [1.29, 1.82) is 5.41 Å². The Morgan fingerprint density at radius 2 is 1.16 bits per heavy atom. The van der Waals surface area contributed by atoms with E-state index < -0.39 is 36.6 Å². The number of guanidine groups is 1. The van der Waals surface area contributed by atoms with Gasteiger partial charge in [-0.05, 0) is 19.8 Å². The number of nitrogens with one attached hydrogen (secondary N) is 2. The van der Waals surface area contributed by atoms with E-state index in [0.717, 1.165) is 25.7 Å². The van der Waals surface area contributed by atoms with Gasteiger partial charge in [0.15, 0.2) is 0 Å². The smallest absolute Gasteiger partial charge is 0.434 e. The number of hydrogen-bond acceptors (Lipinski definition) is 12. The van der Waals surface area contributed by atoms with Gasteiger partial charge in [0.05, 0.1) is 39.6 Å². The highest BCUT2D eigenvalue weighted by Gasteiger charge is 2.38. The first-order valence-corrected chi connectivity index (χ1v) is 14.0. The molecule has 0 fully saturated rings. The maximum Gasteiger partial charge on any atom is 0.508 e. The van der Waals surface area contributed by atoms with Crippen molar-refractivity contribution < 1.29 is 56.4 Å². The van der Waals surface area contributed by atoms with Gasteiger partial charge in [0.25, 0.3) is 0 Å². The van der Waals surface area contributed by atoms with Crippen molar-refractivity contribution in [1.82, 2.24) is 5.09 Å². The van der Waals surface area contributed by atoms with Gasteiger partial charge in [-0.1, -0.05) is 31.3 Å². The van der Waals surface area contributed by atoms with E-state index in [0.29, 0.717) is 0 Å². The number of nitrogens with zero attached hydrogens (tertiary/aromatic N) is 1. The fraction of sp³-hybridized carbons (Fsp3) is 0.818. The number of ether oxygens (including phenoxy) is 4. The highest BCUT2D eigenvalue weighted by atomic mass is 31.2. The van der Waals surface area contributed by atoms with Gasteiger partial charge in [-0.2, -0.15) is 0 Å². The Balaban J connectivity index is 4.85. The molecule has 0 aromatic carbocycles. The number of unbranched alkanes of at least 4 members (excludes halogenated alkanes) is 2. The molecule has 0 saturated heterocycles. The summed E-state index contributed by atoms with van der Waals surface area (Å²) >= 11 is 0. The molecule has 216 valence electrons. The standard InChI is InChI=1S/C22H43N3O11P/c1-6-9-13-30-21(27)32-15-11-17-34-37(29,24-20(23)25(5,8-3)36-19(4)26)35-18-12-16-33-22(28)31-14-10-7-2/h6-18H2,1-5H3,(H2,23,24,29)/q+1. The number of hydroxylamine groups is 3. The van der Waals surface area contributed by atoms with E-state index in [1.165, 1.54) is 14.0 Å². The van der Waals surface area contributed by atoms with E-state index in [9.17, 15) is 18.9 Å². The van der Waals surface area contributed by atoms with E-state index in [1.54, 1.807) is 6.92 Å². The monoisotopic (exact) mass is 556 g/mol. The number of carbonyl (C=O) groups excluding carboxylic acids is 3. The Morgan fingerprint density at radius 3 is 1.51 bits per heavy atom. The van der Waals surface area contributed by atoms with Crippen molar-refractivity contribution in [2.45, 2.75) is 66.2 Å². The minimum atomic E-state index is -4.12. The fourth-order valence-corrected chi connectivity index (χ4v) is 3.78. The lowest BCUT2D eigenvalue weighted by atomic mass is 10.4. The van der Waals surface area contributed by atoms with Crippen LogP contribution in [-0.4, -0.2) is 82.1 Å². The van der Waals surface area contributed by atoms with E-state index in [-0.39, 0.29) is 59.0 Å². The Kier molecular flexibility index (Phi) is 18.4. The lowest BCUT2D eigenvalue weighted by Crippen LogP contribution is -2.54. The van der Waals surface area contributed by atoms with Crippen molar-refractivity contribution in [3.63, 3.8) is 0 Å². The normalized spacial score (nSPS) is 12.7.